The number of allylic oxidation sites excluding steroid dienone is 1. The van der Waals surface area contributed by atoms with Crippen molar-refractivity contribution in [3.8, 4) is 11.8 Å². The molecule has 1 atom stereocenters. The van der Waals surface area contributed by atoms with Gasteiger partial charge in [0.15, 0.2) is 5.76 Å². The fourth-order valence-electron chi connectivity index (χ4n) is 2.48. The molecule has 2 aromatic rings. The average molecular weight is 314 g/mol. The maximum Gasteiger partial charge on any atom is 0.228 e. The Morgan fingerprint density at radius 3 is 2.83 bits per heavy atom. The summed E-state index contributed by atoms with van der Waals surface area (Å²) in [5.41, 5.74) is 5.56. The zero-order chi connectivity index (χ0) is 16.6. The molecule has 1 aliphatic heterocycles. The van der Waals surface area contributed by atoms with E-state index in [1.54, 1.807) is 6.07 Å². The van der Waals surface area contributed by atoms with Crippen molar-refractivity contribution in [1.82, 2.24) is 0 Å². The van der Waals surface area contributed by atoms with Crippen molar-refractivity contribution in [1.29, 1.82) is 5.26 Å². The summed E-state index contributed by atoms with van der Waals surface area (Å²) in [6.07, 6.45) is 0. The monoisotopic (exact) mass is 314 g/mol. The highest BCUT2D eigenvalue weighted by Crippen LogP contribution is 2.40. The lowest BCUT2D eigenvalue weighted by atomic mass is 9.87. The van der Waals surface area contributed by atoms with Crippen LogP contribution in [0.15, 0.2) is 51.0 Å². The van der Waals surface area contributed by atoms with E-state index < -0.39 is 23.8 Å². The number of fused-ring (bicyclic) bond motifs is 1. The van der Waals surface area contributed by atoms with Crippen molar-refractivity contribution in [3.05, 3.63) is 74.9 Å². The lowest BCUT2D eigenvalue weighted by molar-refractivity contribution is 0.231. The van der Waals surface area contributed by atoms with Gasteiger partial charge in [-0.05, 0) is 17.7 Å². The molecule has 0 saturated heterocycles. The Labute approximate surface area is 129 Å². The third-order valence-corrected chi connectivity index (χ3v) is 3.47. The van der Waals surface area contributed by atoms with Crippen molar-refractivity contribution >= 4 is 0 Å². The standard InChI is InChI=1S/C16H11FN2O4/c17-9-3-1-2-8(4-9)13-11(6-18)16(19)23-14-12(21)5-10(7-20)22-15(13)14/h1-5,13,20H,7,19H2. The number of halogens is 1. The van der Waals surface area contributed by atoms with Crippen LogP contribution in [0.3, 0.4) is 0 Å². The maximum absolute atomic E-state index is 13.6. The van der Waals surface area contributed by atoms with Gasteiger partial charge >= 0.3 is 0 Å². The number of ether oxygens (including phenoxy) is 1. The van der Waals surface area contributed by atoms with E-state index in [1.807, 2.05) is 6.07 Å². The lowest BCUT2D eigenvalue weighted by Gasteiger charge is -2.24. The van der Waals surface area contributed by atoms with E-state index in [1.165, 1.54) is 18.2 Å². The quantitative estimate of drug-likeness (QED) is 0.869. The predicted octanol–water partition coefficient (Wildman–Crippen LogP) is 1.49. The number of benzene rings is 1. The van der Waals surface area contributed by atoms with Gasteiger partial charge in [-0.2, -0.15) is 5.26 Å². The van der Waals surface area contributed by atoms with Crippen LogP contribution in [0.2, 0.25) is 0 Å². The Morgan fingerprint density at radius 2 is 2.17 bits per heavy atom. The largest absolute Gasteiger partial charge is 0.458 e. The van der Waals surface area contributed by atoms with Crippen molar-refractivity contribution in [2.24, 2.45) is 5.73 Å². The Hall–Kier alpha value is -3.11. The first kappa shape index (κ1) is 14.8. The maximum atomic E-state index is 13.6. The zero-order valence-corrected chi connectivity index (χ0v) is 11.7. The molecule has 116 valence electrons. The fraction of sp³-hybridized carbons (Fsp3) is 0.125. The molecule has 1 aliphatic rings. The third-order valence-electron chi connectivity index (χ3n) is 3.47. The van der Waals surface area contributed by atoms with Gasteiger partial charge in [0, 0.05) is 6.07 Å². The molecular formula is C16H11FN2O4. The van der Waals surface area contributed by atoms with Gasteiger partial charge in [0.1, 0.15) is 29.8 Å². The number of rotatable bonds is 2. The number of hydrogen-bond acceptors (Lipinski definition) is 6. The van der Waals surface area contributed by atoms with Gasteiger partial charge in [-0.25, -0.2) is 4.39 Å². The highest BCUT2D eigenvalue weighted by molar-refractivity contribution is 5.51. The highest BCUT2D eigenvalue weighted by atomic mass is 19.1. The fourth-order valence-corrected chi connectivity index (χ4v) is 2.48. The number of aliphatic hydroxyl groups is 1. The van der Waals surface area contributed by atoms with Crippen LogP contribution < -0.4 is 15.9 Å². The van der Waals surface area contributed by atoms with Crippen LogP contribution in [-0.4, -0.2) is 5.11 Å². The molecule has 1 aromatic carbocycles. The van der Waals surface area contributed by atoms with Crippen LogP contribution in [0.1, 0.15) is 23.0 Å². The Kier molecular flexibility index (Phi) is 3.60. The minimum Gasteiger partial charge on any atom is -0.458 e. The molecule has 3 N–H and O–H groups in total. The van der Waals surface area contributed by atoms with Crippen LogP contribution in [0.4, 0.5) is 4.39 Å². The molecule has 23 heavy (non-hydrogen) atoms. The lowest BCUT2D eigenvalue weighted by Crippen LogP contribution is -2.25. The second-order valence-electron chi connectivity index (χ2n) is 4.91. The first-order valence-corrected chi connectivity index (χ1v) is 6.66. The molecule has 0 bridgehead atoms. The van der Waals surface area contributed by atoms with Gasteiger partial charge in [-0.1, -0.05) is 12.1 Å². The van der Waals surface area contributed by atoms with E-state index in [-0.39, 0.29) is 28.7 Å². The molecule has 0 fully saturated rings. The van der Waals surface area contributed by atoms with Crippen LogP contribution in [0.5, 0.6) is 5.75 Å². The SMILES string of the molecule is N#CC1=C(N)Oc2c(oc(CO)cc2=O)C1c1cccc(F)c1. The molecule has 0 spiro atoms. The summed E-state index contributed by atoms with van der Waals surface area (Å²) in [5.74, 6) is -1.79. The van der Waals surface area contributed by atoms with Gasteiger partial charge in [0.25, 0.3) is 0 Å². The third kappa shape index (κ3) is 2.45. The number of aliphatic hydroxyl groups excluding tert-OH is 1. The average Bonchev–Trinajstić information content (AvgIpc) is 2.54. The van der Waals surface area contributed by atoms with E-state index in [9.17, 15) is 19.6 Å². The van der Waals surface area contributed by atoms with Crippen molar-refractivity contribution in [2.45, 2.75) is 12.5 Å². The molecule has 6 nitrogen and oxygen atoms in total. The van der Waals surface area contributed by atoms with Gasteiger partial charge in [0.05, 0.1) is 5.92 Å². The first-order valence-electron chi connectivity index (χ1n) is 6.66. The molecule has 1 aromatic heterocycles. The molecule has 3 rings (SSSR count). The Morgan fingerprint density at radius 1 is 1.39 bits per heavy atom. The number of nitrogens with zero attached hydrogens (tertiary/aromatic N) is 1. The van der Waals surface area contributed by atoms with E-state index in [4.69, 9.17) is 14.9 Å². The molecule has 1 unspecified atom stereocenters. The van der Waals surface area contributed by atoms with E-state index >= 15 is 0 Å². The van der Waals surface area contributed by atoms with Gasteiger partial charge in [-0.3, -0.25) is 4.79 Å². The van der Waals surface area contributed by atoms with Gasteiger partial charge < -0.3 is 20.0 Å². The van der Waals surface area contributed by atoms with Crippen LogP contribution in [-0.2, 0) is 6.61 Å². The molecule has 0 radical (unpaired) electrons. The van der Waals surface area contributed by atoms with Crippen molar-refractivity contribution < 1.29 is 18.7 Å². The molecular weight excluding hydrogens is 303 g/mol. The Bertz CT molecular complexity index is 911. The molecule has 7 heteroatoms. The first-order chi connectivity index (χ1) is 11.0. The summed E-state index contributed by atoms with van der Waals surface area (Å²) in [6.45, 7) is -0.501. The second kappa shape index (κ2) is 5.59. The summed E-state index contributed by atoms with van der Waals surface area (Å²) in [6, 6.07) is 8.50. The van der Waals surface area contributed by atoms with E-state index in [2.05, 4.69) is 0 Å². The Balaban J connectivity index is 2.31. The van der Waals surface area contributed by atoms with Crippen molar-refractivity contribution in [2.75, 3.05) is 0 Å². The summed E-state index contributed by atoms with van der Waals surface area (Å²) < 4.78 is 24.2. The van der Waals surface area contributed by atoms with Gasteiger partial charge in [-0.15, -0.1) is 0 Å². The molecule has 0 aliphatic carbocycles. The number of hydrogen-bond donors (Lipinski definition) is 2. The minimum absolute atomic E-state index is 0.00124. The highest BCUT2D eigenvalue weighted by Gasteiger charge is 2.35. The van der Waals surface area contributed by atoms with Crippen LogP contribution in [0.25, 0.3) is 0 Å². The van der Waals surface area contributed by atoms with E-state index in [0.717, 1.165) is 6.07 Å². The molecule has 2 heterocycles. The zero-order valence-electron chi connectivity index (χ0n) is 11.7. The van der Waals surface area contributed by atoms with E-state index in [0.29, 0.717) is 5.56 Å². The van der Waals surface area contributed by atoms with Crippen LogP contribution in [0, 0.1) is 17.1 Å². The van der Waals surface area contributed by atoms with Crippen LogP contribution >= 0.6 is 0 Å². The topological polar surface area (TPSA) is 109 Å². The number of nitrogens with two attached hydrogens (primary N) is 1. The number of nitriles is 1. The summed E-state index contributed by atoms with van der Waals surface area (Å²) in [4.78, 5) is 12.1. The second-order valence-corrected chi connectivity index (χ2v) is 4.91. The summed E-state index contributed by atoms with van der Waals surface area (Å²) in [7, 11) is 0. The molecule has 0 amide bonds. The summed E-state index contributed by atoms with van der Waals surface area (Å²) in [5, 5.41) is 18.6. The van der Waals surface area contributed by atoms with Crippen molar-refractivity contribution in [3.63, 3.8) is 0 Å². The summed E-state index contributed by atoms with van der Waals surface area (Å²) >= 11 is 0. The minimum atomic E-state index is -0.890. The normalized spacial score (nSPS) is 16.5. The molecule has 0 saturated carbocycles. The predicted molar refractivity (Wildman–Crippen MR) is 76.6 cm³/mol. The smallest absolute Gasteiger partial charge is 0.228 e. The van der Waals surface area contributed by atoms with Gasteiger partial charge in [0.2, 0.25) is 17.1 Å².